The lowest BCUT2D eigenvalue weighted by molar-refractivity contribution is 0.0516. The summed E-state index contributed by atoms with van der Waals surface area (Å²) < 4.78 is 25.4. The van der Waals surface area contributed by atoms with Gasteiger partial charge in [0.1, 0.15) is 5.69 Å². The predicted molar refractivity (Wildman–Crippen MR) is 100 cm³/mol. The van der Waals surface area contributed by atoms with Crippen LogP contribution in [-0.2, 0) is 11.8 Å². The average molecular weight is 377 g/mol. The van der Waals surface area contributed by atoms with Crippen molar-refractivity contribution in [3.05, 3.63) is 52.9 Å². The van der Waals surface area contributed by atoms with E-state index in [4.69, 9.17) is 21.1 Å². The summed E-state index contributed by atoms with van der Waals surface area (Å²) in [5, 5.41) is 4.49. The van der Waals surface area contributed by atoms with E-state index in [0.29, 0.717) is 21.9 Å². The van der Waals surface area contributed by atoms with Gasteiger partial charge in [0.25, 0.3) is 0 Å². The molecule has 0 amide bonds. The van der Waals surface area contributed by atoms with E-state index in [1.165, 1.54) is 13.2 Å². The minimum atomic E-state index is -0.441. The van der Waals surface area contributed by atoms with Crippen molar-refractivity contribution in [1.29, 1.82) is 0 Å². The molecule has 5 nitrogen and oxygen atoms in total. The Labute approximate surface area is 155 Å². The molecular formula is C19H18ClFN2O3. The third-order valence-electron chi connectivity index (χ3n) is 4.06. The van der Waals surface area contributed by atoms with Crippen LogP contribution in [0.5, 0.6) is 5.75 Å². The summed E-state index contributed by atoms with van der Waals surface area (Å²) in [5.41, 5.74) is 2.47. The molecule has 3 rings (SSSR count). The van der Waals surface area contributed by atoms with Crippen molar-refractivity contribution >= 4 is 39.8 Å². The summed E-state index contributed by atoms with van der Waals surface area (Å²) in [7, 11) is 3.16. The van der Waals surface area contributed by atoms with Gasteiger partial charge < -0.3 is 19.4 Å². The maximum atomic E-state index is 13.6. The lowest BCUT2D eigenvalue weighted by Crippen LogP contribution is -2.09. The Hall–Kier alpha value is -2.73. The van der Waals surface area contributed by atoms with Crippen LogP contribution in [0.3, 0.4) is 0 Å². The fourth-order valence-corrected chi connectivity index (χ4v) is 3.12. The van der Waals surface area contributed by atoms with E-state index in [1.54, 1.807) is 48.9 Å². The highest BCUT2D eigenvalue weighted by atomic mass is 35.5. The Kier molecular flexibility index (Phi) is 5.04. The number of carbonyl (C=O) groups is 1. The summed E-state index contributed by atoms with van der Waals surface area (Å²) in [5.74, 6) is -0.722. The lowest BCUT2D eigenvalue weighted by atomic mass is 10.2. The van der Waals surface area contributed by atoms with Gasteiger partial charge in [0, 0.05) is 29.9 Å². The Morgan fingerprint density at radius 2 is 2.04 bits per heavy atom. The first-order valence-electron chi connectivity index (χ1n) is 8.01. The normalized spacial score (nSPS) is 10.8. The molecule has 136 valence electrons. The summed E-state index contributed by atoms with van der Waals surface area (Å²) >= 11 is 6.33. The second kappa shape index (κ2) is 7.25. The molecule has 0 radical (unpaired) electrons. The number of benzene rings is 2. The summed E-state index contributed by atoms with van der Waals surface area (Å²) in [6, 6.07) is 9.75. The third kappa shape index (κ3) is 3.20. The van der Waals surface area contributed by atoms with Crippen LogP contribution in [0.4, 0.5) is 15.8 Å². The molecule has 0 spiro atoms. The van der Waals surface area contributed by atoms with Crippen molar-refractivity contribution in [3.63, 3.8) is 0 Å². The van der Waals surface area contributed by atoms with Crippen molar-refractivity contribution in [2.24, 2.45) is 7.05 Å². The Bertz CT molecular complexity index is 985. The van der Waals surface area contributed by atoms with E-state index in [1.807, 2.05) is 0 Å². The first kappa shape index (κ1) is 18.1. The second-order valence-electron chi connectivity index (χ2n) is 5.64. The molecule has 1 N–H and O–H groups in total. The minimum absolute atomic E-state index is 0.139. The molecule has 0 aliphatic carbocycles. The number of hydrogen-bond acceptors (Lipinski definition) is 4. The number of hydrogen-bond donors (Lipinski definition) is 1. The summed E-state index contributed by atoms with van der Waals surface area (Å²) in [6.07, 6.45) is 0. The quantitative estimate of drug-likeness (QED) is 0.643. The van der Waals surface area contributed by atoms with E-state index in [2.05, 4.69) is 5.32 Å². The Morgan fingerprint density at radius 3 is 2.73 bits per heavy atom. The number of nitrogens with one attached hydrogen (secondary N) is 1. The Morgan fingerprint density at radius 1 is 1.27 bits per heavy atom. The smallest absolute Gasteiger partial charge is 0.354 e. The molecule has 1 aromatic heterocycles. The lowest BCUT2D eigenvalue weighted by Gasteiger charge is -2.11. The number of aryl methyl sites for hydroxylation is 1. The van der Waals surface area contributed by atoms with Crippen molar-refractivity contribution in [2.45, 2.75) is 6.92 Å². The van der Waals surface area contributed by atoms with Gasteiger partial charge in [-0.15, -0.1) is 0 Å². The van der Waals surface area contributed by atoms with Gasteiger partial charge in [0.2, 0.25) is 0 Å². The van der Waals surface area contributed by atoms with Gasteiger partial charge in [-0.05, 0) is 37.3 Å². The first-order chi connectivity index (χ1) is 12.5. The van der Waals surface area contributed by atoms with E-state index in [0.717, 1.165) is 11.1 Å². The number of nitrogens with zero attached hydrogens (tertiary/aromatic N) is 1. The van der Waals surface area contributed by atoms with E-state index >= 15 is 0 Å². The van der Waals surface area contributed by atoms with Gasteiger partial charge in [-0.3, -0.25) is 0 Å². The zero-order chi connectivity index (χ0) is 18.8. The van der Waals surface area contributed by atoms with E-state index in [9.17, 15) is 9.18 Å². The molecule has 0 saturated heterocycles. The van der Waals surface area contributed by atoms with Crippen molar-refractivity contribution in [1.82, 2.24) is 4.57 Å². The average Bonchev–Trinajstić information content (AvgIpc) is 2.98. The summed E-state index contributed by atoms with van der Waals surface area (Å²) in [4.78, 5) is 12.2. The third-order valence-corrected chi connectivity index (χ3v) is 4.37. The molecular weight excluding hydrogens is 359 g/mol. The molecule has 3 aromatic rings. The number of aromatic nitrogens is 1. The van der Waals surface area contributed by atoms with Crippen molar-refractivity contribution in [2.75, 3.05) is 19.0 Å². The number of methoxy groups -OCH3 is 1. The molecule has 0 saturated carbocycles. The number of ether oxygens (including phenoxy) is 2. The number of halogens is 2. The van der Waals surface area contributed by atoms with Crippen LogP contribution in [0.25, 0.3) is 10.9 Å². The van der Waals surface area contributed by atoms with Gasteiger partial charge in [-0.25, -0.2) is 9.18 Å². The second-order valence-corrected chi connectivity index (χ2v) is 6.05. The van der Waals surface area contributed by atoms with Gasteiger partial charge in [0.05, 0.1) is 24.3 Å². The van der Waals surface area contributed by atoms with Crippen LogP contribution < -0.4 is 10.1 Å². The Balaban J connectivity index is 2.08. The number of fused-ring (bicyclic) bond motifs is 1. The highest BCUT2D eigenvalue weighted by Crippen LogP contribution is 2.35. The predicted octanol–water partition coefficient (Wildman–Crippen LogP) is 4.90. The molecule has 0 fully saturated rings. The molecule has 1 heterocycles. The fourth-order valence-electron chi connectivity index (χ4n) is 2.83. The van der Waals surface area contributed by atoms with Gasteiger partial charge in [-0.2, -0.15) is 0 Å². The highest BCUT2D eigenvalue weighted by Gasteiger charge is 2.18. The maximum absolute atomic E-state index is 13.6. The van der Waals surface area contributed by atoms with Crippen LogP contribution in [0.1, 0.15) is 17.4 Å². The topological polar surface area (TPSA) is 52.5 Å². The molecule has 0 bridgehead atoms. The molecule has 0 aliphatic rings. The fraction of sp³-hybridized carbons (Fsp3) is 0.211. The van der Waals surface area contributed by atoms with Crippen molar-refractivity contribution in [3.8, 4) is 5.75 Å². The van der Waals surface area contributed by atoms with Crippen LogP contribution in [0, 0.1) is 5.82 Å². The maximum Gasteiger partial charge on any atom is 0.354 e. The molecule has 0 unspecified atom stereocenters. The molecule has 2 aromatic carbocycles. The summed E-state index contributed by atoms with van der Waals surface area (Å²) in [6.45, 7) is 2.04. The molecule has 26 heavy (non-hydrogen) atoms. The van der Waals surface area contributed by atoms with E-state index < -0.39 is 11.8 Å². The number of esters is 1. The zero-order valence-corrected chi connectivity index (χ0v) is 15.4. The number of carbonyl (C=O) groups excluding carboxylic acids is 1. The van der Waals surface area contributed by atoms with Gasteiger partial charge in [0.15, 0.2) is 11.6 Å². The first-order valence-corrected chi connectivity index (χ1v) is 8.39. The van der Waals surface area contributed by atoms with Crippen LogP contribution in [0.2, 0.25) is 5.02 Å². The van der Waals surface area contributed by atoms with Gasteiger partial charge >= 0.3 is 5.97 Å². The van der Waals surface area contributed by atoms with Crippen LogP contribution in [-0.4, -0.2) is 24.3 Å². The minimum Gasteiger partial charge on any atom is -0.494 e. The molecule has 7 heteroatoms. The standard InChI is InChI=1S/C19H18ClFN2O3/c1-4-26-19(24)16-10-12-15(8-6-13(20)18(12)23(16)2)22-11-5-7-14(21)17(9-11)25-3/h5-10,22H,4H2,1-3H3. The van der Waals surface area contributed by atoms with Crippen molar-refractivity contribution < 1.29 is 18.7 Å². The SMILES string of the molecule is CCOC(=O)c1cc2c(Nc3ccc(F)c(OC)c3)ccc(Cl)c2n1C. The number of anilines is 2. The van der Waals surface area contributed by atoms with Crippen LogP contribution in [0.15, 0.2) is 36.4 Å². The monoisotopic (exact) mass is 376 g/mol. The van der Waals surface area contributed by atoms with Gasteiger partial charge in [-0.1, -0.05) is 11.6 Å². The number of rotatable bonds is 5. The molecule has 0 atom stereocenters. The highest BCUT2D eigenvalue weighted by molar-refractivity contribution is 6.36. The van der Waals surface area contributed by atoms with E-state index in [-0.39, 0.29) is 12.4 Å². The zero-order valence-electron chi connectivity index (χ0n) is 14.6. The van der Waals surface area contributed by atoms with Crippen LogP contribution >= 0.6 is 11.6 Å². The largest absolute Gasteiger partial charge is 0.494 e. The molecule has 0 aliphatic heterocycles.